The molecule has 73 valence electrons. The summed E-state index contributed by atoms with van der Waals surface area (Å²) in [4.78, 5) is 0. The second-order valence-corrected chi connectivity index (χ2v) is 2.97. The molecular weight excluding hydrogens is 156 g/mol. The summed E-state index contributed by atoms with van der Waals surface area (Å²) in [6.45, 7) is 6.43. The van der Waals surface area contributed by atoms with Gasteiger partial charge < -0.3 is 14.9 Å². The number of aliphatic hydroxyl groups excluding tert-OH is 2. The van der Waals surface area contributed by atoms with E-state index in [4.69, 9.17) is 9.84 Å². The molecule has 0 aliphatic rings. The van der Waals surface area contributed by atoms with Gasteiger partial charge >= 0.3 is 0 Å². The first-order valence-corrected chi connectivity index (χ1v) is 4.43. The summed E-state index contributed by atoms with van der Waals surface area (Å²) in [6.07, 6.45) is 1.10. The summed E-state index contributed by atoms with van der Waals surface area (Å²) < 4.78 is 5.15. The Bertz CT molecular complexity index is 93.8. The normalized spacial score (nSPS) is 16.0. The van der Waals surface area contributed by atoms with Crippen molar-refractivity contribution in [2.24, 2.45) is 0 Å². The molecule has 2 unspecified atom stereocenters. The van der Waals surface area contributed by atoms with Crippen LogP contribution in [0.2, 0.25) is 0 Å². The first-order chi connectivity index (χ1) is 5.66. The number of unbranched alkanes of at least 4 members (excludes halogenated alkanes) is 1. The molecule has 0 aliphatic carbocycles. The van der Waals surface area contributed by atoms with Gasteiger partial charge in [-0.3, -0.25) is 0 Å². The maximum absolute atomic E-state index is 9.19. The van der Waals surface area contributed by atoms with Crippen molar-refractivity contribution in [2.75, 3.05) is 13.2 Å². The number of ether oxygens (including phenoxy) is 1. The maximum Gasteiger partial charge on any atom is 0.0798 e. The highest BCUT2D eigenvalue weighted by Crippen LogP contribution is 1.98. The van der Waals surface area contributed by atoms with E-state index in [-0.39, 0.29) is 6.42 Å². The van der Waals surface area contributed by atoms with Crippen LogP contribution in [0, 0.1) is 6.92 Å². The van der Waals surface area contributed by atoms with E-state index in [1.54, 1.807) is 0 Å². The highest BCUT2D eigenvalue weighted by Gasteiger charge is 2.07. The number of aliphatic hydroxyl groups is 2. The van der Waals surface area contributed by atoms with E-state index in [2.05, 4.69) is 13.8 Å². The average molecular weight is 175 g/mol. The van der Waals surface area contributed by atoms with Gasteiger partial charge in [0.05, 0.1) is 18.8 Å². The predicted octanol–water partition coefficient (Wildman–Crippen LogP) is 0.749. The van der Waals surface area contributed by atoms with Crippen LogP contribution in [-0.2, 0) is 4.74 Å². The molecule has 0 spiro atoms. The van der Waals surface area contributed by atoms with Crippen LogP contribution >= 0.6 is 0 Å². The van der Waals surface area contributed by atoms with Crippen molar-refractivity contribution < 1.29 is 14.9 Å². The molecule has 2 N–H and O–H groups in total. The molecule has 3 nitrogen and oxygen atoms in total. The minimum atomic E-state index is -0.699. The second-order valence-electron chi connectivity index (χ2n) is 2.97. The van der Waals surface area contributed by atoms with Crippen molar-refractivity contribution in [3.8, 4) is 0 Å². The largest absolute Gasteiger partial charge is 0.393 e. The molecule has 0 saturated heterocycles. The summed E-state index contributed by atoms with van der Waals surface area (Å²) in [7, 11) is 0. The van der Waals surface area contributed by atoms with Crippen LogP contribution in [-0.4, -0.2) is 35.6 Å². The minimum absolute atomic E-state index is 0.284. The Kier molecular flexibility index (Phi) is 7.45. The van der Waals surface area contributed by atoms with Gasteiger partial charge in [0, 0.05) is 13.0 Å². The van der Waals surface area contributed by atoms with Gasteiger partial charge in [-0.2, -0.15) is 0 Å². The van der Waals surface area contributed by atoms with Crippen LogP contribution in [0.1, 0.15) is 26.2 Å². The maximum atomic E-state index is 9.19. The lowest BCUT2D eigenvalue weighted by molar-refractivity contribution is 0.0138. The molecule has 1 radical (unpaired) electrons. The van der Waals surface area contributed by atoms with Crippen LogP contribution in [0.4, 0.5) is 0 Å². The van der Waals surface area contributed by atoms with Crippen molar-refractivity contribution in [3.63, 3.8) is 0 Å². The highest BCUT2D eigenvalue weighted by atomic mass is 16.5. The molecule has 0 fully saturated rings. The van der Waals surface area contributed by atoms with Crippen molar-refractivity contribution in [2.45, 2.75) is 38.4 Å². The van der Waals surface area contributed by atoms with Crippen LogP contribution in [0.25, 0.3) is 0 Å². The Morgan fingerprint density at radius 1 is 1.42 bits per heavy atom. The topological polar surface area (TPSA) is 49.7 Å². The standard InChI is InChI=1S/C9H19O3/c1-3-4-5-12-7-9(11)6-8(2)10/h8-11H,2-7H2,1H3. The molecule has 3 heteroatoms. The van der Waals surface area contributed by atoms with E-state index in [1.807, 2.05) is 0 Å². The Balaban J connectivity index is 3.14. The first-order valence-electron chi connectivity index (χ1n) is 4.43. The third-order valence-corrected chi connectivity index (χ3v) is 1.50. The van der Waals surface area contributed by atoms with Crippen molar-refractivity contribution >= 4 is 0 Å². The Morgan fingerprint density at radius 2 is 2.08 bits per heavy atom. The highest BCUT2D eigenvalue weighted by molar-refractivity contribution is 4.63. The molecule has 2 atom stereocenters. The fraction of sp³-hybridized carbons (Fsp3) is 0.889. The average Bonchev–Trinajstić information content (AvgIpc) is 1.97. The van der Waals surface area contributed by atoms with Gasteiger partial charge in [-0.25, -0.2) is 0 Å². The fourth-order valence-corrected chi connectivity index (χ4v) is 0.848. The molecule has 0 aromatic heterocycles. The van der Waals surface area contributed by atoms with Gasteiger partial charge in [0.1, 0.15) is 0 Å². The molecule has 0 amide bonds. The van der Waals surface area contributed by atoms with Crippen molar-refractivity contribution in [1.29, 1.82) is 0 Å². The molecule has 0 aromatic rings. The summed E-state index contributed by atoms with van der Waals surface area (Å²) in [5.74, 6) is 0. The number of rotatable bonds is 7. The summed E-state index contributed by atoms with van der Waals surface area (Å²) in [5, 5.41) is 18.0. The summed E-state index contributed by atoms with van der Waals surface area (Å²) >= 11 is 0. The smallest absolute Gasteiger partial charge is 0.0798 e. The van der Waals surface area contributed by atoms with Crippen LogP contribution in [0.5, 0.6) is 0 Å². The Hall–Kier alpha value is -0.120. The van der Waals surface area contributed by atoms with Gasteiger partial charge in [0.15, 0.2) is 0 Å². The molecule has 0 aromatic carbocycles. The molecule has 12 heavy (non-hydrogen) atoms. The fourth-order valence-electron chi connectivity index (χ4n) is 0.848. The Labute approximate surface area is 74.4 Å². The summed E-state index contributed by atoms with van der Waals surface area (Å²) in [6, 6.07) is 0. The van der Waals surface area contributed by atoms with Crippen LogP contribution in [0.3, 0.4) is 0 Å². The van der Waals surface area contributed by atoms with E-state index in [9.17, 15) is 5.11 Å². The predicted molar refractivity (Wildman–Crippen MR) is 47.7 cm³/mol. The van der Waals surface area contributed by atoms with E-state index >= 15 is 0 Å². The SMILES string of the molecule is [CH2]C(O)CC(O)COCCCC. The third kappa shape index (κ3) is 7.98. The van der Waals surface area contributed by atoms with Gasteiger partial charge in [-0.1, -0.05) is 13.3 Å². The van der Waals surface area contributed by atoms with Gasteiger partial charge in [0.25, 0.3) is 0 Å². The van der Waals surface area contributed by atoms with E-state index < -0.39 is 12.2 Å². The molecule has 0 heterocycles. The van der Waals surface area contributed by atoms with Crippen molar-refractivity contribution in [1.82, 2.24) is 0 Å². The first kappa shape index (κ1) is 11.9. The molecule has 0 rings (SSSR count). The summed E-state index contributed by atoms with van der Waals surface area (Å²) in [5.41, 5.74) is 0. The molecule has 0 saturated carbocycles. The van der Waals surface area contributed by atoms with Crippen molar-refractivity contribution in [3.05, 3.63) is 6.92 Å². The van der Waals surface area contributed by atoms with Gasteiger partial charge in [0.2, 0.25) is 0 Å². The van der Waals surface area contributed by atoms with Gasteiger partial charge in [-0.15, -0.1) is 0 Å². The lowest BCUT2D eigenvalue weighted by Gasteiger charge is -2.12. The monoisotopic (exact) mass is 175 g/mol. The minimum Gasteiger partial charge on any atom is -0.393 e. The lowest BCUT2D eigenvalue weighted by Crippen LogP contribution is -2.21. The third-order valence-electron chi connectivity index (χ3n) is 1.50. The molecule has 0 bridgehead atoms. The number of hydrogen-bond acceptors (Lipinski definition) is 3. The molecule has 0 aliphatic heterocycles. The lowest BCUT2D eigenvalue weighted by atomic mass is 10.2. The zero-order chi connectivity index (χ0) is 9.40. The molecular formula is C9H19O3. The Morgan fingerprint density at radius 3 is 2.58 bits per heavy atom. The van der Waals surface area contributed by atoms with Gasteiger partial charge in [-0.05, 0) is 13.3 Å². The zero-order valence-electron chi connectivity index (χ0n) is 7.70. The van der Waals surface area contributed by atoms with Crippen LogP contribution in [0.15, 0.2) is 0 Å². The number of hydrogen-bond donors (Lipinski definition) is 2. The van der Waals surface area contributed by atoms with E-state index in [0.717, 1.165) is 12.8 Å². The van der Waals surface area contributed by atoms with E-state index in [0.29, 0.717) is 13.2 Å². The zero-order valence-corrected chi connectivity index (χ0v) is 7.70. The van der Waals surface area contributed by atoms with Crippen LogP contribution < -0.4 is 0 Å². The second kappa shape index (κ2) is 7.53. The van der Waals surface area contributed by atoms with E-state index in [1.165, 1.54) is 0 Å². The quantitative estimate of drug-likeness (QED) is 0.561.